The van der Waals surface area contributed by atoms with E-state index in [0.29, 0.717) is 0 Å². The van der Waals surface area contributed by atoms with Crippen molar-refractivity contribution in [1.29, 1.82) is 0 Å². The third-order valence-electron chi connectivity index (χ3n) is 1.96. The fourth-order valence-corrected chi connectivity index (χ4v) is 1.22. The maximum absolute atomic E-state index is 5.05. The Labute approximate surface area is 102 Å². The first-order valence-corrected chi connectivity index (χ1v) is 4.37. The summed E-state index contributed by atoms with van der Waals surface area (Å²) in [4.78, 5) is 4.23. The summed E-state index contributed by atoms with van der Waals surface area (Å²) in [7, 11) is 1.64. The Kier molecular flexibility index (Phi) is 4.45. The van der Waals surface area contributed by atoms with Crippen molar-refractivity contribution in [3.8, 4) is 17.0 Å². The molecule has 0 aliphatic carbocycles. The van der Waals surface area contributed by atoms with Gasteiger partial charge in [0.2, 0.25) is 0 Å². The molecule has 15 heavy (non-hydrogen) atoms. The molecule has 0 saturated heterocycles. The molecule has 1 heterocycles. The van der Waals surface area contributed by atoms with Crippen molar-refractivity contribution in [3.05, 3.63) is 48.7 Å². The summed E-state index contributed by atoms with van der Waals surface area (Å²) in [5, 5.41) is 0. The Morgan fingerprint density at radius 2 is 2.07 bits per heavy atom. The molecule has 0 saturated carbocycles. The van der Waals surface area contributed by atoms with Gasteiger partial charge in [0.25, 0.3) is 0 Å². The average Bonchev–Trinajstić information content (AvgIpc) is 2.30. The molecule has 3 heteroatoms. The maximum Gasteiger partial charge on any atom is 0.0647 e. The van der Waals surface area contributed by atoms with Crippen LogP contribution in [0.5, 0.6) is 5.75 Å². The van der Waals surface area contributed by atoms with E-state index in [2.05, 4.69) is 11.1 Å². The van der Waals surface area contributed by atoms with Crippen LogP contribution >= 0.6 is 0 Å². The van der Waals surface area contributed by atoms with Crippen LogP contribution in [0.3, 0.4) is 0 Å². The summed E-state index contributed by atoms with van der Waals surface area (Å²) in [5.41, 5.74) is 1.90. The van der Waals surface area contributed by atoms with Gasteiger partial charge in [0.15, 0.2) is 0 Å². The second-order valence-corrected chi connectivity index (χ2v) is 2.86. The monoisotopic (exact) mass is 287 g/mol. The second-order valence-electron chi connectivity index (χ2n) is 2.86. The van der Waals surface area contributed by atoms with Crippen LogP contribution in [0.15, 0.2) is 42.6 Å². The van der Waals surface area contributed by atoms with Crippen LogP contribution in [0.1, 0.15) is 0 Å². The predicted octanol–water partition coefficient (Wildman–Crippen LogP) is 2.55. The van der Waals surface area contributed by atoms with Crippen LogP contribution in [-0.4, -0.2) is 12.1 Å². The van der Waals surface area contributed by atoms with E-state index in [0.717, 1.165) is 17.0 Å². The summed E-state index contributed by atoms with van der Waals surface area (Å²) in [6, 6.07) is 14.6. The first kappa shape index (κ1) is 11.9. The van der Waals surface area contributed by atoms with Gasteiger partial charge in [0, 0.05) is 31.4 Å². The molecule has 0 N–H and O–H groups in total. The molecule has 0 aliphatic heterocycles. The molecule has 1 aromatic carbocycles. The number of ether oxygens (including phenoxy) is 1. The van der Waals surface area contributed by atoms with E-state index in [1.54, 1.807) is 13.3 Å². The van der Waals surface area contributed by atoms with Gasteiger partial charge < -0.3 is 9.72 Å². The summed E-state index contributed by atoms with van der Waals surface area (Å²) in [5.74, 6) is 0.810. The van der Waals surface area contributed by atoms with E-state index in [1.807, 2.05) is 36.4 Å². The van der Waals surface area contributed by atoms with Gasteiger partial charge in [0.05, 0.1) is 7.11 Å². The van der Waals surface area contributed by atoms with E-state index in [4.69, 9.17) is 4.74 Å². The number of aromatic nitrogens is 1. The molecular weight excluding hydrogens is 277 g/mol. The van der Waals surface area contributed by atoms with E-state index in [1.165, 1.54) is 0 Å². The Morgan fingerprint density at radius 3 is 2.60 bits per heavy atom. The van der Waals surface area contributed by atoms with E-state index >= 15 is 0 Å². The molecule has 2 nitrogen and oxygen atoms in total. The van der Waals surface area contributed by atoms with E-state index in [9.17, 15) is 0 Å². The zero-order chi connectivity index (χ0) is 9.80. The molecule has 0 unspecified atom stereocenters. The third kappa shape index (κ3) is 2.87. The summed E-state index contributed by atoms with van der Waals surface area (Å²) in [6.07, 6.45) is 1.77. The first-order valence-electron chi connectivity index (χ1n) is 4.37. The third-order valence-corrected chi connectivity index (χ3v) is 1.96. The fourth-order valence-electron chi connectivity index (χ4n) is 1.22. The Balaban J connectivity index is 0.00000112. The van der Waals surface area contributed by atoms with Crippen molar-refractivity contribution in [1.82, 2.24) is 4.98 Å². The second kappa shape index (κ2) is 5.62. The number of benzene rings is 1. The number of methoxy groups -OCH3 is 1. The van der Waals surface area contributed by atoms with Gasteiger partial charge in [-0.25, -0.2) is 0 Å². The normalized spacial score (nSPS) is 9.13. The quantitative estimate of drug-likeness (QED) is 0.625. The van der Waals surface area contributed by atoms with Gasteiger partial charge >= 0.3 is 0 Å². The SMILES string of the molecule is COc1c[c-]c(-c2ccccn2)cc1.[Rh]. The van der Waals surface area contributed by atoms with Crippen LogP contribution in [0.25, 0.3) is 11.3 Å². The van der Waals surface area contributed by atoms with Crippen molar-refractivity contribution in [2.24, 2.45) is 0 Å². The van der Waals surface area contributed by atoms with Crippen LogP contribution < -0.4 is 4.74 Å². The van der Waals surface area contributed by atoms with Crippen molar-refractivity contribution in [2.75, 3.05) is 7.11 Å². The fraction of sp³-hybridized carbons (Fsp3) is 0.0833. The minimum Gasteiger partial charge on any atom is -0.540 e. The summed E-state index contributed by atoms with van der Waals surface area (Å²) < 4.78 is 5.05. The number of hydrogen-bond acceptors (Lipinski definition) is 2. The topological polar surface area (TPSA) is 22.1 Å². The number of pyridine rings is 1. The summed E-state index contributed by atoms with van der Waals surface area (Å²) >= 11 is 0. The van der Waals surface area contributed by atoms with Gasteiger partial charge in [-0.2, -0.15) is 0 Å². The Hall–Kier alpha value is -1.21. The molecule has 0 spiro atoms. The van der Waals surface area contributed by atoms with Gasteiger partial charge in [-0.15, -0.1) is 29.8 Å². The Morgan fingerprint density at radius 1 is 1.20 bits per heavy atom. The molecule has 0 atom stereocenters. The zero-order valence-corrected chi connectivity index (χ0v) is 9.87. The number of nitrogens with zero attached hydrogens (tertiary/aromatic N) is 1. The van der Waals surface area contributed by atoms with Crippen molar-refractivity contribution in [3.63, 3.8) is 0 Å². The largest absolute Gasteiger partial charge is 0.540 e. The van der Waals surface area contributed by atoms with Crippen molar-refractivity contribution < 1.29 is 24.2 Å². The Bertz CT molecular complexity index is 400. The molecule has 2 rings (SSSR count). The number of hydrogen-bond donors (Lipinski definition) is 0. The smallest absolute Gasteiger partial charge is 0.0647 e. The van der Waals surface area contributed by atoms with E-state index < -0.39 is 0 Å². The van der Waals surface area contributed by atoms with Gasteiger partial charge in [-0.1, -0.05) is 12.1 Å². The van der Waals surface area contributed by atoms with E-state index in [-0.39, 0.29) is 19.5 Å². The molecule has 0 fully saturated rings. The minimum absolute atomic E-state index is 0. The molecule has 0 amide bonds. The molecule has 1 aromatic heterocycles. The van der Waals surface area contributed by atoms with Crippen LogP contribution in [-0.2, 0) is 19.5 Å². The minimum atomic E-state index is 0. The van der Waals surface area contributed by atoms with Gasteiger partial charge in [-0.05, 0) is 11.8 Å². The first-order chi connectivity index (χ1) is 6.90. The molecule has 79 valence electrons. The summed E-state index contributed by atoms with van der Waals surface area (Å²) in [6.45, 7) is 0. The van der Waals surface area contributed by atoms with Crippen molar-refractivity contribution >= 4 is 0 Å². The molecule has 2 aromatic rings. The van der Waals surface area contributed by atoms with Crippen LogP contribution in [0.4, 0.5) is 0 Å². The van der Waals surface area contributed by atoms with Gasteiger partial charge in [0.1, 0.15) is 0 Å². The maximum atomic E-state index is 5.05. The number of rotatable bonds is 2. The zero-order valence-electron chi connectivity index (χ0n) is 8.23. The molecule has 0 bridgehead atoms. The predicted molar refractivity (Wildman–Crippen MR) is 55.1 cm³/mol. The molecular formula is C12H10NORh-. The molecule has 1 radical (unpaired) electrons. The van der Waals surface area contributed by atoms with Crippen molar-refractivity contribution in [2.45, 2.75) is 0 Å². The van der Waals surface area contributed by atoms with Crippen LogP contribution in [0, 0.1) is 6.07 Å². The van der Waals surface area contributed by atoms with Gasteiger partial charge in [-0.3, -0.25) is 0 Å². The van der Waals surface area contributed by atoms with Crippen LogP contribution in [0.2, 0.25) is 0 Å². The average molecular weight is 287 g/mol. The standard InChI is InChI=1S/C12H10NO.Rh/c1-14-11-7-5-10(6-8-11)12-4-2-3-9-13-12;/h2-5,7-9H,1H3;/q-1;. The molecule has 0 aliphatic rings.